The zero-order chi connectivity index (χ0) is 15.7. The summed E-state index contributed by atoms with van der Waals surface area (Å²) in [6, 6.07) is 1.76. The maximum absolute atomic E-state index is 12.1. The fourth-order valence-electron chi connectivity index (χ4n) is 2.42. The molecule has 0 aliphatic rings. The van der Waals surface area contributed by atoms with E-state index >= 15 is 0 Å². The Morgan fingerprint density at radius 1 is 1.14 bits per heavy atom. The molecule has 0 atom stereocenters. The lowest BCUT2D eigenvalue weighted by Gasteiger charge is -2.10. The van der Waals surface area contributed by atoms with Crippen LogP contribution in [0.1, 0.15) is 74.5 Å². The number of amides is 1. The Morgan fingerprint density at radius 2 is 1.90 bits per heavy atom. The van der Waals surface area contributed by atoms with Crippen molar-refractivity contribution in [1.29, 1.82) is 0 Å². The number of hydrogen-bond acceptors (Lipinski definition) is 2. The molecule has 4 heteroatoms. The second-order valence-corrected chi connectivity index (χ2v) is 5.44. The molecule has 0 saturated carbocycles. The molecule has 0 saturated heterocycles. The van der Waals surface area contributed by atoms with Crippen molar-refractivity contribution in [2.24, 2.45) is 0 Å². The Balaban J connectivity index is 2.73. The molecule has 2 N–H and O–H groups in total. The minimum Gasteiger partial charge on any atom is -0.352 e. The van der Waals surface area contributed by atoms with Crippen molar-refractivity contribution >= 4 is 5.91 Å². The number of carbonyl (C=O) groups excluding carboxylic acids is 1. The van der Waals surface area contributed by atoms with E-state index < -0.39 is 0 Å². The summed E-state index contributed by atoms with van der Waals surface area (Å²) in [6.07, 6.45) is 7.08. The molecule has 1 heterocycles. The highest BCUT2D eigenvalue weighted by molar-refractivity contribution is 5.94. The summed E-state index contributed by atoms with van der Waals surface area (Å²) in [6.45, 7) is 6.91. The molecule has 4 nitrogen and oxygen atoms in total. The largest absolute Gasteiger partial charge is 0.352 e. The van der Waals surface area contributed by atoms with Gasteiger partial charge >= 0.3 is 0 Å². The lowest BCUT2D eigenvalue weighted by molar-refractivity contribution is 0.0951. The van der Waals surface area contributed by atoms with E-state index in [4.69, 9.17) is 0 Å². The maximum Gasteiger partial charge on any atom is 0.261 e. The number of aryl methyl sites for hydroxylation is 2. The summed E-state index contributed by atoms with van der Waals surface area (Å²) in [5.74, 6) is -0.259. The molecule has 0 fully saturated rings. The normalized spacial score (nSPS) is 10.6. The molecule has 0 aliphatic carbocycles. The minimum atomic E-state index is -0.276. The number of carbonyl (C=O) groups is 1. The van der Waals surface area contributed by atoms with Crippen LogP contribution < -0.4 is 10.9 Å². The van der Waals surface area contributed by atoms with Gasteiger partial charge in [0.25, 0.3) is 11.5 Å². The average molecular weight is 292 g/mol. The molecular formula is C17H28N2O2. The van der Waals surface area contributed by atoms with Crippen LogP contribution in [0.2, 0.25) is 0 Å². The number of H-pyrrole nitrogens is 1. The summed E-state index contributed by atoms with van der Waals surface area (Å²) in [7, 11) is 0. The van der Waals surface area contributed by atoms with Crippen molar-refractivity contribution in [3.8, 4) is 0 Å². The average Bonchev–Trinajstić information content (AvgIpc) is 2.47. The van der Waals surface area contributed by atoms with Gasteiger partial charge in [-0.25, -0.2) is 0 Å². The van der Waals surface area contributed by atoms with E-state index in [0.717, 1.165) is 43.4 Å². The van der Waals surface area contributed by atoms with E-state index in [2.05, 4.69) is 24.1 Å². The predicted molar refractivity (Wildman–Crippen MR) is 86.9 cm³/mol. The van der Waals surface area contributed by atoms with Gasteiger partial charge in [0.1, 0.15) is 5.56 Å². The highest BCUT2D eigenvalue weighted by atomic mass is 16.2. The topological polar surface area (TPSA) is 62.0 Å². The predicted octanol–water partition coefficient (Wildman–Crippen LogP) is 3.20. The first-order chi connectivity index (χ1) is 10.1. The van der Waals surface area contributed by atoms with Gasteiger partial charge in [-0.15, -0.1) is 0 Å². The fraction of sp³-hybridized carbons (Fsp3) is 0.647. The molecule has 0 aliphatic heterocycles. The van der Waals surface area contributed by atoms with Gasteiger partial charge in [0.2, 0.25) is 0 Å². The number of aromatic amines is 1. The quantitative estimate of drug-likeness (QED) is 0.687. The van der Waals surface area contributed by atoms with Crippen molar-refractivity contribution in [2.75, 3.05) is 6.54 Å². The first-order valence-corrected chi connectivity index (χ1v) is 8.17. The van der Waals surface area contributed by atoms with Crippen LogP contribution in [-0.4, -0.2) is 17.4 Å². The molecule has 0 unspecified atom stereocenters. The number of nitrogens with one attached hydrogen (secondary N) is 2. The van der Waals surface area contributed by atoms with Gasteiger partial charge in [-0.05, 0) is 30.9 Å². The number of aromatic nitrogens is 1. The van der Waals surface area contributed by atoms with E-state index in [9.17, 15) is 9.59 Å². The minimum absolute atomic E-state index is 0.238. The van der Waals surface area contributed by atoms with Crippen LogP contribution in [0, 0.1) is 0 Å². The number of unbranched alkanes of at least 4 members (excludes halogenated alkanes) is 3. The molecule has 0 radical (unpaired) electrons. The third-order valence-electron chi connectivity index (χ3n) is 3.66. The maximum atomic E-state index is 12.1. The molecule has 1 aromatic rings. The SMILES string of the molecule is CCCCCCNC(=O)c1cc(CC)c(CCC)[nH]c1=O. The van der Waals surface area contributed by atoms with Gasteiger partial charge < -0.3 is 10.3 Å². The van der Waals surface area contributed by atoms with Gasteiger partial charge in [-0.2, -0.15) is 0 Å². The Bertz CT molecular complexity index is 506. The first-order valence-electron chi connectivity index (χ1n) is 8.17. The van der Waals surface area contributed by atoms with E-state index in [1.807, 2.05) is 6.92 Å². The van der Waals surface area contributed by atoms with Crippen molar-refractivity contribution in [3.05, 3.63) is 33.2 Å². The third kappa shape index (κ3) is 5.37. The second kappa shape index (κ2) is 9.37. The van der Waals surface area contributed by atoms with Crippen LogP contribution in [-0.2, 0) is 12.8 Å². The van der Waals surface area contributed by atoms with Crippen molar-refractivity contribution in [1.82, 2.24) is 10.3 Å². The van der Waals surface area contributed by atoms with Gasteiger partial charge in [0.15, 0.2) is 0 Å². The Labute approximate surface area is 127 Å². The van der Waals surface area contributed by atoms with Crippen molar-refractivity contribution in [3.63, 3.8) is 0 Å². The molecule has 0 bridgehead atoms. The third-order valence-corrected chi connectivity index (χ3v) is 3.66. The Hall–Kier alpha value is -1.58. The van der Waals surface area contributed by atoms with Crippen LogP contribution in [0.3, 0.4) is 0 Å². The first kappa shape index (κ1) is 17.5. The van der Waals surface area contributed by atoms with E-state index in [-0.39, 0.29) is 17.0 Å². The molecule has 1 amide bonds. The number of rotatable bonds is 9. The fourth-order valence-corrected chi connectivity index (χ4v) is 2.42. The molecule has 118 valence electrons. The van der Waals surface area contributed by atoms with E-state index in [1.54, 1.807) is 6.07 Å². The highest BCUT2D eigenvalue weighted by Gasteiger charge is 2.13. The number of hydrogen-bond donors (Lipinski definition) is 2. The van der Waals surface area contributed by atoms with Crippen molar-refractivity contribution < 1.29 is 4.79 Å². The van der Waals surface area contributed by atoms with E-state index in [0.29, 0.717) is 6.54 Å². The van der Waals surface area contributed by atoms with Gasteiger partial charge in [0.05, 0.1) is 0 Å². The molecular weight excluding hydrogens is 264 g/mol. The Kier molecular flexibility index (Phi) is 7.80. The zero-order valence-corrected chi connectivity index (χ0v) is 13.6. The smallest absolute Gasteiger partial charge is 0.261 e. The lowest BCUT2D eigenvalue weighted by Crippen LogP contribution is -2.31. The lowest BCUT2D eigenvalue weighted by atomic mass is 10.0. The van der Waals surface area contributed by atoms with E-state index in [1.165, 1.54) is 12.8 Å². The summed E-state index contributed by atoms with van der Waals surface area (Å²) >= 11 is 0. The van der Waals surface area contributed by atoms with Gasteiger partial charge in [-0.1, -0.05) is 46.5 Å². The van der Waals surface area contributed by atoms with Crippen LogP contribution in [0.15, 0.2) is 10.9 Å². The van der Waals surface area contributed by atoms with Gasteiger partial charge in [0, 0.05) is 12.2 Å². The Morgan fingerprint density at radius 3 is 2.52 bits per heavy atom. The standard InChI is InChI=1S/C17H28N2O2/c1-4-7-8-9-11-18-16(20)14-12-13(6-3)15(10-5-2)19-17(14)21/h12H,4-11H2,1-3H3,(H,18,20)(H,19,21). The summed E-state index contributed by atoms with van der Waals surface area (Å²) < 4.78 is 0. The van der Waals surface area contributed by atoms with Crippen LogP contribution in [0.5, 0.6) is 0 Å². The molecule has 1 aromatic heterocycles. The molecule has 1 rings (SSSR count). The van der Waals surface area contributed by atoms with Crippen LogP contribution in [0.4, 0.5) is 0 Å². The van der Waals surface area contributed by atoms with Gasteiger partial charge in [-0.3, -0.25) is 9.59 Å². The molecule has 0 aromatic carbocycles. The van der Waals surface area contributed by atoms with Crippen molar-refractivity contribution in [2.45, 2.75) is 65.7 Å². The summed E-state index contributed by atoms with van der Waals surface area (Å²) in [4.78, 5) is 27.0. The summed E-state index contributed by atoms with van der Waals surface area (Å²) in [5.41, 5.74) is 1.99. The highest BCUT2D eigenvalue weighted by Crippen LogP contribution is 2.09. The summed E-state index contributed by atoms with van der Waals surface area (Å²) in [5, 5.41) is 2.84. The monoisotopic (exact) mass is 292 g/mol. The number of pyridine rings is 1. The molecule has 0 spiro atoms. The second-order valence-electron chi connectivity index (χ2n) is 5.44. The van der Waals surface area contributed by atoms with Crippen LogP contribution in [0.25, 0.3) is 0 Å². The van der Waals surface area contributed by atoms with Crippen LogP contribution >= 0.6 is 0 Å². The molecule has 21 heavy (non-hydrogen) atoms. The zero-order valence-electron chi connectivity index (χ0n) is 13.6.